The van der Waals surface area contributed by atoms with Gasteiger partial charge in [0, 0.05) is 24.2 Å². The molecule has 32 heavy (non-hydrogen) atoms. The number of carbonyl (C=O) groups excluding carboxylic acids is 2. The number of hydrogen-bond acceptors (Lipinski definition) is 5. The molecule has 7 nitrogen and oxygen atoms in total. The van der Waals surface area contributed by atoms with Crippen LogP contribution in [0.3, 0.4) is 0 Å². The van der Waals surface area contributed by atoms with Crippen LogP contribution < -0.4 is 15.4 Å². The number of nitrogens with zero attached hydrogens (tertiary/aromatic N) is 1. The van der Waals surface area contributed by atoms with Crippen LogP contribution in [0.5, 0.6) is 11.5 Å². The van der Waals surface area contributed by atoms with E-state index in [1.54, 1.807) is 32.9 Å². The van der Waals surface area contributed by atoms with E-state index in [9.17, 15) is 27.9 Å². The van der Waals surface area contributed by atoms with E-state index >= 15 is 0 Å². The van der Waals surface area contributed by atoms with Crippen molar-refractivity contribution in [1.82, 2.24) is 0 Å². The number of ether oxygens (including phenoxy) is 1. The molecule has 2 aromatic carbocycles. The van der Waals surface area contributed by atoms with Gasteiger partial charge in [0.15, 0.2) is 5.75 Å². The van der Waals surface area contributed by atoms with Crippen molar-refractivity contribution >= 4 is 23.2 Å². The van der Waals surface area contributed by atoms with Crippen LogP contribution in [0, 0.1) is 18.3 Å². The Morgan fingerprint density at radius 1 is 1.09 bits per heavy atom. The van der Waals surface area contributed by atoms with E-state index in [-0.39, 0.29) is 33.8 Å². The van der Waals surface area contributed by atoms with Crippen molar-refractivity contribution in [3.8, 4) is 17.6 Å². The molecule has 0 bridgehead atoms. The molecule has 170 valence electrons. The Bertz CT molecular complexity index is 1110. The Labute approximate surface area is 182 Å². The SMILES string of the molecule is CC(=O)Nc1cc(C(C)(C)C)c(O)c(C(=O)Nc2ccc(C#N)cc2OC(F)(F)F)c1C. The molecule has 0 heterocycles. The molecule has 0 radical (unpaired) electrons. The molecule has 10 heteroatoms. The second-order valence-corrected chi connectivity index (χ2v) is 8.08. The van der Waals surface area contributed by atoms with Crippen molar-refractivity contribution in [3.05, 3.63) is 46.5 Å². The Morgan fingerprint density at radius 2 is 1.72 bits per heavy atom. The summed E-state index contributed by atoms with van der Waals surface area (Å²) in [4.78, 5) is 24.7. The van der Waals surface area contributed by atoms with Crippen molar-refractivity contribution in [2.24, 2.45) is 0 Å². The van der Waals surface area contributed by atoms with Gasteiger partial charge in [-0.15, -0.1) is 13.2 Å². The molecule has 2 aromatic rings. The molecule has 0 saturated heterocycles. The third-order valence-corrected chi connectivity index (χ3v) is 4.49. The van der Waals surface area contributed by atoms with E-state index in [2.05, 4.69) is 15.4 Å². The van der Waals surface area contributed by atoms with E-state index in [0.29, 0.717) is 5.56 Å². The summed E-state index contributed by atoms with van der Waals surface area (Å²) in [6.07, 6.45) is -5.06. The second kappa shape index (κ2) is 8.78. The first-order chi connectivity index (χ1) is 14.6. The lowest BCUT2D eigenvalue weighted by molar-refractivity contribution is -0.274. The number of aromatic hydroxyl groups is 1. The predicted octanol–water partition coefficient (Wildman–Crippen LogP) is 4.98. The molecule has 0 fully saturated rings. The zero-order chi connectivity index (χ0) is 24.4. The van der Waals surface area contributed by atoms with Crippen molar-refractivity contribution in [1.29, 1.82) is 5.26 Å². The summed E-state index contributed by atoms with van der Waals surface area (Å²) in [5.41, 5.74) is -0.463. The number of phenols is 1. The van der Waals surface area contributed by atoms with Gasteiger partial charge in [-0.05, 0) is 36.1 Å². The van der Waals surface area contributed by atoms with Crippen molar-refractivity contribution in [2.75, 3.05) is 10.6 Å². The fourth-order valence-electron chi connectivity index (χ4n) is 3.03. The number of amides is 2. The van der Waals surface area contributed by atoms with E-state index in [4.69, 9.17) is 5.26 Å². The quantitative estimate of drug-likeness (QED) is 0.570. The van der Waals surface area contributed by atoms with Crippen LogP contribution in [-0.2, 0) is 10.2 Å². The molecule has 0 unspecified atom stereocenters. The van der Waals surface area contributed by atoms with E-state index in [0.717, 1.165) is 12.1 Å². The normalized spacial score (nSPS) is 11.5. The fraction of sp³-hybridized carbons (Fsp3) is 0.318. The molecule has 0 spiro atoms. The number of rotatable bonds is 4. The number of benzene rings is 2. The number of anilines is 2. The summed E-state index contributed by atoms with van der Waals surface area (Å²) in [7, 11) is 0. The largest absolute Gasteiger partial charge is 0.573 e. The average Bonchev–Trinajstić information content (AvgIpc) is 2.63. The third-order valence-electron chi connectivity index (χ3n) is 4.49. The first-order valence-corrected chi connectivity index (χ1v) is 9.40. The van der Waals surface area contributed by atoms with Gasteiger partial charge in [0.25, 0.3) is 5.91 Å². The minimum absolute atomic E-state index is 0.107. The van der Waals surface area contributed by atoms with E-state index < -0.39 is 29.3 Å². The van der Waals surface area contributed by atoms with E-state index in [1.807, 2.05) is 0 Å². The van der Waals surface area contributed by atoms with Gasteiger partial charge in [-0.3, -0.25) is 9.59 Å². The number of nitriles is 1. The molecular weight excluding hydrogens is 427 g/mol. The lowest BCUT2D eigenvalue weighted by Gasteiger charge is -2.25. The highest BCUT2D eigenvalue weighted by Gasteiger charge is 2.33. The van der Waals surface area contributed by atoms with Crippen molar-refractivity contribution in [3.63, 3.8) is 0 Å². The number of alkyl halides is 3. The average molecular weight is 449 g/mol. The fourth-order valence-corrected chi connectivity index (χ4v) is 3.03. The lowest BCUT2D eigenvalue weighted by Crippen LogP contribution is -2.22. The Morgan fingerprint density at radius 3 is 2.22 bits per heavy atom. The third kappa shape index (κ3) is 5.69. The molecule has 3 N–H and O–H groups in total. The van der Waals surface area contributed by atoms with Crippen LogP contribution in [0.25, 0.3) is 0 Å². The van der Waals surface area contributed by atoms with Gasteiger partial charge in [-0.2, -0.15) is 5.26 Å². The summed E-state index contributed by atoms with van der Waals surface area (Å²) in [6.45, 7) is 8.12. The standard InChI is InChI=1S/C22H22F3N3O4/c1-11-16(27-12(2)29)9-14(21(3,4)5)19(30)18(11)20(31)28-15-7-6-13(10-26)8-17(15)32-22(23,24)25/h6-9,30H,1-5H3,(H,27,29)(H,28,31). The lowest BCUT2D eigenvalue weighted by atomic mass is 9.83. The first-order valence-electron chi connectivity index (χ1n) is 9.40. The van der Waals surface area contributed by atoms with Crippen LogP contribution in [0.15, 0.2) is 24.3 Å². The topological polar surface area (TPSA) is 111 Å². The van der Waals surface area contributed by atoms with Crippen LogP contribution >= 0.6 is 0 Å². The van der Waals surface area contributed by atoms with Gasteiger partial charge in [0.05, 0.1) is 22.9 Å². The van der Waals surface area contributed by atoms with Crippen LogP contribution in [0.1, 0.15) is 54.7 Å². The second-order valence-electron chi connectivity index (χ2n) is 8.08. The zero-order valence-corrected chi connectivity index (χ0v) is 18.1. The summed E-state index contributed by atoms with van der Waals surface area (Å²) in [6, 6.07) is 6.37. The molecule has 0 aliphatic heterocycles. The Kier molecular flexibility index (Phi) is 6.73. The highest BCUT2D eigenvalue weighted by atomic mass is 19.4. The number of carbonyl (C=O) groups is 2. The molecule has 0 aromatic heterocycles. The number of halogens is 3. The van der Waals surface area contributed by atoms with Gasteiger partial charge in [-0.1, -0.05) is 20.8 Å². The molecule has 0 atom stereocenters. The summed E-state index contributed by atoms with van der Waals surface area (Å²) in [5.74, 6) is -2.47. The van der Waals surface area contributed by atoms with Gasteiger partial charge >= 0.3 is 6.36 Å². The minimum atomic E-state index is -5.06. The monoisotopic (exact) mass is 449 g/mol. The van der Waals surface area contributed by atoms with Gasteiger partial charge in [-0.25, -0.2) is 0 Å². The van der Waals surface area contributed by atoms with Gasteiger partial charge in [0.2, 0.25) is 5.91 Å². The Hall–Kier alpha value is -3.74. The highest BCUT2D eigenvalue weighted by Crippen LogP contribution is 2.40. The van der Waals surface area contributed by atoms with Crippen molar-refractivity contribution < 1.29 is 32.6 Å². The highest BCUT2D eigenvalue weighted by molar-refractivity contribution is 6.09. The molecule has 2 amide bonds. The predicted molar refractivity (Wildman–Crippen MR) is 112 cm³/mol. The maximum atomic E-state index is 13.1. The number of phenolic OH excluding ortho intramolecular Hbond substituents is 1. The Balaban J connectivity index is 2.61. The summed E-state index contributed by atoms with van der Waals surface area (Å²) < 4.78 is 42.4. The van der Waals surface area contributed by atoms with Gasteiger partial charge in [0.1, 0.15) is 5.75 Å². The molecule has 0 aliphatic carbocycles. The van der Waals surface area contributed by atoms with Crippen LogP contribution in [0.2, 0.25) is 0 Å². The van der Waals surface area contributed by atoms with Crippen molar-refractivity contribution in [2.45, 2.75) is 46.4 Å². The molecule has 2 rings (SSSR count). The van der Waals surface area contributed by atoms with Crippen LogP contribution in [-0.4, -0.2) is 23.3 Å². The maximum Gasteiger partial charge on any atom is 0.573 e. The molecular formula is C22H22F3N3O4. The molecule has 0 aliphatic rings. The summed E-state index contributed by atoms with van der Waals surface area (Å²) >= 11 is 0. The summed E-state index contributed by atoms with van der Waals surface area (Å²) in [5, 5.41) is 24.7. The number of hydrogen-bond donors (Lipinski definition) is 3. The molecule has 0 saturated carbocycles. The first kappa shape index (κ1) is 24.5. The van der Waals surface area contributed by atoms with E-state index in [1.165, 1.54) is 19.9 Å². The van der Waals surface area contributed by atoms with Crippen LogP contribution in [0.4, 0.5) is 24.5 Å². The van der Waals surface area contributed by atoms with Gasteiger partial charge < -0.3 is 20.5 Å². The maximum absolute atomic E-state index is 13.1. The number of nitrogens with one attached hydrogen (secondary N) is 2. The minimum Gasteiger partial charge on any atom is -0.507 e. The zero-order valence-electron chi connectivity index (χ0n) is 18.1. The smallest absolute Gasteiger partial charge is 0.507 e.